The molecule has 1 unspecified atom stereocenters. The molecule has 1 aromatic rings. The van der Waals surface area contributed by atoms with Crippen LogP contribution in [0.4, 0.5) is 0 Å². The molecule has 4 heteroatoms. The van der Waals surface area contributed by atoms with E-state index in [4.69, 9.17) is 9.73 Å². The van der Waals surface area contributed by atoms with Gasteiger partial charge in [0.25, 0.3) is 0 Å². The van der Waals surface area contributed by atoms with Gasteiger partial charge in [0.1, 0.15) is 5.75 Å². The van der Waals surface area contributed by atoms with Crippen LogP contribution in [-0.4, -0.2) is 32.2 Å². The number of para-hydroxylation sites is 1. The van der Waals surface area contributed by atoms with Gasteiger partial charge in [0, 0.05) is 25.0 Å². The fraction of sp³-hybridized carbons (Fsp3) is 0.611. The van der Waals surface area contributed by atoms with Gasteiger partial charge in [-0.2, -0.15) is 0 Å². The summed E-state index contributed by atoms with van der Waals surface area (Å²) in [5.74, 6) is 2.21. The summed E-state index contributed by atoms with van der Waals surface area (Å²) >= 11 is 0. The minimum atomic E-state index is 0.329. The molecule has 0 spiro atoms. The van der Waals surface area contributed by atoms with Gasteiger partial charge in [-0.15, -0.1) is 0 Å². The van der Waals surface area contributed by atoms with E-state index in [0.29, 0.717) is 12.0 Å². The molecule has 0 heterocycles. The van der Waals surface area contributed by atoms with E-state index in [1.165, 1.54) is 31.2 Å². The molecule has 22 heavy (non-hydrogen) atoms. The van der Waals surface area contributed by atoms with Crippen LogP contribution in [0.25, 0.3) is 0 Å². The van der Waals surface area contributed by atoms with Crippen molar-refractivity contribution in [1.82, 2.24) is 10.6 Å². The van der Waals surface area contributed by atoms with Crippen LogP contribution in [0.2, 0.25) is 0 Å². The van der Waals surface area contributed by atoms with Crippen LogP contribution in [0.3, 0.4) is 0 Å². The van der Waals surface area contributed by atoms with Crippen LogP contribution in [0.15, 0.2) is 29.3 Å². The van der Waals surface area contributed by atoms with E-state index in [-0.39, 0.29) is 0 Å². The highest BCUT2D eigenvalue weighted by molar-refractivity contribution is 5.80. The van der Waals surface area contributed by atoms with E-state index in [1.807, 2.05) is 12.1 Å². The Bertz CT molecular complexity index is 481. The van der Waals surface area contributed by atoms with Crippen molar-refractivity contribution in [2.45, 2.75) is 51.5 Å². The molecule has 0 radical (unpaired) electrons. The van der Waals surface area contributed by atoms with E-state index in [0.717, 1.165) is 24.8 Å². The minimum absolute atomic E-state index is 0.329. The Morgan fingerprint density at radius 2 is 2.05 bits per heavy atom. The summed E-state index contributed by atoms with van der Waals surface area (Å²) < 4.78 is 5.45. The number of hydrogen-bond donors (Lipinski definition) is 2. The Labute approximate surface area is 134 Å². The first-order valence-electron chi connectivity index (χ1n) is 8.42. The summed E-state index contributed by atoms with van der Waals surface area (Å²) in [6.45, 7) is 5.94. The summed E-state index contributed by atoms with van der Waals surface area (Å²) in [5.41, 5.74) is 1.21. The molecule has 1 aliphatic carbocycles. The lowest BCUT2D eigenvalue weighted by Crippen LogP contribution is -2.42. The summed E-state index contributed by atoms with van der Waals surface area (Å²) in [7, 11) is 1.72. The molecule has 4 nitrogen and oxygen atoms in total. The summed E-state index contributed by atoms with van der Waals surface area (Å²) in [6, 6.07) is 8.78. The van der Waals surface area contributed by atoms with Crippen LogP contribution < -0.4 is 15.4 Å². The fourth-order valence-electron chi connectivity index (χ4n) is 2.98. The number of aliphatic imine (C=N–C) groups is 1. The molecular weight excluding hydrogens is 274 g/mol. The van der Waals surface area contributed by atoms with Crippen molar-refractivity contribution in [2.24, 2.45) is 4.99 Å². The number of hydrogen-bond acceptors (Lipinski definition) is 2. The Hall–Kier alpha value is -1.71. The normalized spacial score (nSPS) is 17.3. The average molecular weight is 303 g/mol. The van der Waals surface area contributed by atoms with E-state index in [9.17, 15) is 0 Å². The van der Waals surface area contributed by atoms with Crippen LogP contribution in [0, 0.1) is 0 Å². The maximum absolute atomic E-state index is 5.45. The second-order valence-electron chi connectivity index (χ2n) is 5.99. The van der Waals surface area contributed by atoms with Gasteiger partial charge in [0.2, 0.25) is 0 Å². The first-order chi connectivity index (χ1) is 10.7. The maximum Gasteiger partial charge on any atom is 0.191 e. The number of methoxy groups -OCH3 is 1. The molecule has 0 bridgehead atoms. The van der Waals surface area contributed by atoms with E-state index in [2.05, 4.69) is 36.6 Å². The van der Waals surface area contributed by atoms with Crippen LogP contribution in [0.5, 0.6) is 5.75 Å². The third-order valence-corrected chi connectivity index (χ3v) is 4.23. The van der Waals surface area contributed by atoms with Gasteiger partial charge in [-0.3, -0.25) is 4.99 Å². The SMILES string of the molecule is CCNC(=NCC(C)c1ccccc1OC)NC1CCCC1. The summed E-state index contributed by atoms with van der Waals surface area (Å²) in [6.07, 6.45) is 5.17. The molecule has 1 atom stereocenters. The van der Waals surface area contributed by atoms with Crippen LogP contribution in [0.1, 0.15) is 51.0 Å². The van der Waals surface area contributed by atoms with E-state index in [1.54, 1.807) is 7.11 Å². The topological polar surface area (TPSA) is 45.7 Å². The third-order valence-electron chi connectivity index (χ3n) is 4.23. The van der Waals surface area contributed by atoms with Crippen molar-refractivity contribution < 1.29 is 4.74 Å². The van der Waals surface area contributed by atoms with Gasteiger partial charge < -0.3 is 15.4 Å². The number of nitrogens with one attached hydrogen (secondary N) is 2. The second kappa shape index (κ2) is 8.66. The summed E-state index contributed by atoms with van der Waals surface area (Å²) in [4.78, 5) is 4.77. The Kier molecular flexibility index (Phi) is 6.56. The summed E-state index contributed by atoms with van der Waals surface area (Å²) in [5, 5.41) is 6.91. The largest absolute Gasteiger partial charge is 0.496 e. The smallest absolute Gasteiger partial charge is 0.191 e. The molecule has 0 aliphatic heterocycles. The van der Waals surface area contributed by atoms with Crippen molar-refractivity contribution in [1.29, 1.82) is 0 Å². The highest BCUT2D eigenvalue weighted by atomic mass is 16.5. The quantitative estimate of drug-likeness (QED) is 0.626. The van der Waals surface area contributed by atoms with Crippen molar-refractivity contribution in [3.8, 4) is 5.75 Å². The predicted octanol–water partition coefficient (Wildman–Crippen LogP) is 3.30. The van der Waals surface area contributed by atoms with Gasteiger partial charge in [0.05, 0.1) is 7.11 Å². The van der Waals surface area contributed by atoms with Gasteiger partial charge in [-0.05, 0) is 31.4 Å². The fourth-order valence-corrected chi connectivity index (χ4v) is 2.98. The monoisotopic (exact) mass is 303 g/mol. The van der Waals surface area contributed by atoms with Gasteiger partial charge >= 0.3 is 0 Å². The molecule has 1 fully saturated rings. The molecule has 2 rings (SSSR count). The van der Waals surface area contributed by atoms with Gasteiger partial charge in [-0.25, -0.2) is 0 Å². The number of benzene rings is 1. The number of guanidine groups is 1. The molecular formula is C18H29N3O. The predicted molar refractivity (Wildman–Crippen MR) is 92.8 cm³/mol. The number of ether oxygens (including phenoxy) is 1. The lowest BCUT2D eigenvalue weighted by molar-refractivity contribution is 0.406. The van der Waals surface area contributed by atoms with Crippen molar-refractivity contribution >= 4 is 5.96 Å². The third kappa shape index (κ3) is 4.65. The average Bonchev–Trinajstić information content (AvgIpc) is 3.05. The van der Waals surface area contributed by atoms with E-state index >= 15 is 0 Å². The Morgan fingerprint density at radius 1 is 1.32 bits per heavy atom. The lowest BCUT2D eigenvalue weighted by atomic mass is 10.0. The molecule has 0 aromatic heterocycles. The Morgan fingerprint density at radius 3 is 2.73 bits per heavy atom. The van der Waals surface area contributed by atoms with Crippen LogP contribution in [-0.2, 0) is 0 Å². The highest BCUT2D eigenvalue weighted by Gasteiger charge is 2.16. The standard InChI is InChI=1S/C18H29N3O/c1-4-19-18(21-15-9-5-6-10-15)20-13-14(2)16-11-7-8-12-17(16)22-3/h7-8,11-12,14-15H,4-6,9-10,13H2,1-3H3,(H2,19,20,21). The van der Waals surface area contributed by atoms with Gasteiger partial charge in [-0.1, -0.05) is 38.0 Å². The number of nitrogens with zero attached hydrogens (tertiary/aromatic N) is 1. The van der Waals surface area contributed by atoms with Crippen molar-refractivity contribution in [3.63, 3.8) is 0 Å². The zero-order valence-corrected chi connectivity index (χ0v) is 14.1. The number of rotatable bonds is 6. The molecule has 122 valence electrons. The molecule has 1 aliphatic rings. The van der Waals surface area contributed by atoms with Crippen molar-refractivity contribution in [3.05, 3.63) is 29.8 Å². The first kappa shape index (κ1) is 16.7. The van der Waals surface area contributed by atoms with Crippen LogP contribution >= 0.6 is 0 Å². The van der Waals surface area contributed by atoms with Gasteiger partial charge in [0.15, 0.2) is 5.96 Å². The zero-order chi connectivity index (χ0) is 15.8. The molecule has 0 amide bonds. The highest BCUT2D eigenvalue weighted by Crippen LogP contribution is 2.26. The Balaban J connectivity index is 1.99. The first-order valence-corrected chi connectivity index (χ1v) is 8.42. The lowest BCUT2D eigenvalue weighted by Gasteiger charge is -2.18. The molecule has 2 N–H and O–H groups in total. The molecule has 0 saturated heterocycles. The zero-order valence-electron chi connectivity index (χ0n) is 14.1. The minimum Gasteiger partial charge on any atom is -0.496 e. The second-order valence-corrected chi connectivity index (χ2v) is 5.99. The van der Waals surface area contributed by atoms with E-state index < -0.39 is 0 Å². The maximum atomic E-state index is 5.45. The van der Waals surface area contributed by atoms with Crippen molar-refractivity contribution in [2.75, 3.05) is 20.2 Å². The molecule has 1 saturated carbocycles. The molecule has 1 aromatic carbocycles.